The van der Waals surface area contributed by atoms with Crippen molar-refractivity contribution in [1.29, 1.82) is 0 Å². The number of nitrogens with one attached hydrogen (secondary N) is 1. The van der Waals surface area contributed by atoms with Crippen LogP contribution >= 0.6 is 0 Å². The molecule has 0 aliphatic carbocycles. The molecule has 7 heteroatoms. The minimum atomic E-state index is -0.614. The maximum Gasteiger partial charge on any atom is 0.252 e. The highest BCUT2D eigenvalue weighted by molar-refractivity contribution is 6.20. The van der Waals surface area contributed by atoms with Crippen LogP contribution in [0.25, 0.3) is 0 Å². The topological polar surface area (TPSA) is 80.2 Å². The molecule has 4 rings (SSSR count). The second-order valence-electron chi connectivity index (χ2n) is 8.25. The molecule has 7 nitrogen and oxygen atoms in total. The molecular weight excluding hydrogens is 442 g/mol. The Bertz CT molecular complexity index is 1240. The van der Waals surface area contributed by atoms with E-state index >= 15 is 0 Å². The largest absolute Gasteiger partial charge is 0.493 e. The number of para-hydroxylation sites is 1. The van der Waals surface area contributed by atoms with E-state index in [0.717, 1.165) is 22.4 Å². The zero-order valence-electron chi connectivity index (χ0n) is 20.2. The summed E-state index contributed by atoms with van der Waals surface area (Å²) < 4.78 is 10.6. The molecule has 2 amide bonds. The minimum absolute atomic E-state index is 0.0797. The summed E-state index contributed by atoms with van der Waals surface area (Å²) in [5, 5.41) is 2.93. The lowest BCUT2D eigenvalue weighted by molar-refractivity contribution is -0.124. The van der Waals surface area contributed by atoms with E-state index in [1.54, 1.807) is 21.1 Å². The number of carbonyl (C=O) groups is 2. The molecule has 0 saturated carbocycles. The van der Waals surface area contributed by atoms with Gasteiger partial charge in [0.1, 0.15) is 12.6 Å². The molecule has 0 bridgehead atoms. The molecule has 1 unspecified atom stereocenters. The van der Waals surface area contributed by atoms with Crippen LogP contribution in [-0.2, 0) is 16.0 Å². The van der Waals surface area contributed by atoms with Crippen LogP contribution in [0.1, 0.15) is 23.6 Å². The second-order valence-corrected chi connectivity index (χ2v) is 8.25. The van der Waals surface area contributed by atoms with Crippen molar-refractivity contribution in [1.82, 2.24) is 5.32 Å². The Morgan fingerprint density at radius 2 is 1.69 bits per heavy atom. The number of benzene rings is 3. The predicted octanol–water partition coefficient (Wildman–Crippen LogP) is 3.64. The van der Waals surface area contributed by atoms with Crippen LogP contribution in [0.4, 0.5) is 5.69 Å². The highest BCUT2D eigenvalue weighted by Crippen LogP contribution is 2.29. The Hall–Kier alpha value is -4.13. The van der Waals surface area contributed by atoms with Gasteiger partial charge in [-0.25, -0.2) is 0 Å². The first-order valence-electron chi connectivity index (χ1n) is 11.5. The molecule has 1 N–H and O–H groups in total. The standard InChI is InChI=1S/C28H29N3O4/c1-19-28(33)31(18-26(32)29-16-15-20-13-14-24(34-2)25(17-20)35-3)23-12-8-7-11-22(23)27(30-19)21-9-5-4-6-10-21/h4-14,17,19H,15-16,18H2,1-3H3,(H,29,32). The fourth-order valence-electron chi connectivity index (χ4n) is 4.14. The number of ether oxygens (including phenoxy) is 2. The summed E-state index contributed by atoms with van der Waals surface area (Å²) in [7, 11) is 3.18. The first-order chi connectivity index (χ1) is 17.0. The maximum absolute atomic E-state index is 13.3. The highest BCUT2D eigenvalue weighted by Gasteiger charge is 2.30. The van der Waals surface area contributed by atoms with Gasteiger partial charge >= 0.3 is 0 Å². The summed E-state index contributed by atoms with van der Waals surface area (Å²) in [5.41, 5.74) is 4.20. The van der Waals surface area contributed by atoms with Crippen molar-refractivity contribution in [2.45, 2.75) is 19.4 Å². The fraction of sp³-hybridized carbons (Fsp3) is 0.250. The zero-order valence-corrected chi connectivity index (χ0v) is 20.2. The lowest BCUT2D eigenvalue weighted by Gasteiger charge is -2.24. The smallest absolute Gasteiger partial charge is 0.252 e. The van der Waals surface area contributed by atoms with Crippen molar-refractivity contribution < 1.29 is 19.1 Å². The van der Waals surface area contributed by atoms with E-state index in [-0.39, 0.29) is 18.4 Å². The van der Waals surface area contributed by atoms with Crippen LogP contribution in [-0.4, -0.2) is 50.9 Å². The minimum Gasteiger partial charge on any atom is -0.493 e. The number of anilines is 1. The van der Waals surface area contributed by atoms with Gasteiger partial charge in [0.15, 0.2) is 11.5 Å². The molecule has 3 aromatic carbocycles. The quantitative estimate of drug-likeness (QED) is 0.544. The van der Waals surface area contributed by atoms with Gasteiger partial charge in [-0.15, -0.1) is 0 Å². The van der Waals surface area contributed by atoms with Gasteiger partial charge < -0.3 is 19.7 Å². The van der Waals surface area contributed by atoms with Crippen LogP contribution in [0.15, 0.2) is 77.8 Å². The molecule has 0 saturated heterocycles. The third-order valence-corrected chi connectivity index (χ3v) is 5.93. The van der Waals surface area contributed by atoms with Crippen molar-refractivity contribution in [3.05, 3.63) is 89.5 Å². The summed E-state index contributed by atoms with van der Waals surface area (Å²) in [6.45, 7) is 2.11. The fourth-order valence-corrected chi connectivity index (χ4v) is 4.14. The highest BCUT2D eigenvalue weighted by atomic mass is 16.5. The van der Waals surface area contributed by atoms with Gasteiger partial charge in [-0.3, -0.25) is 14.6 Å². The van der Waals surface area contributed by atoms with Crippen molar-refractivity contribution in [2.75, 3.05) is 32.2 Å². The second kappa shape index (κ2) is 10.9. The Balaban J connectivity index is 1.48. The van der Waals surface area contributed by atoms with E-state index in [9.17, 15) is 9.59 Å². The van der Waals surface area contributed by atoms with Crippen molar-refractivity contribution in [3.8, 4) is 11.5 Å². The summed E-state index contributed by atoms with van der Waals surface area (Å²) in [4.78, 5) is 32.4. The molecule has 35 heavy (non-hydrogen) atoms. The first-order valence-corrected chi connectivity index (χ1v) is 11.5. The van der Waals surface area contributed by atoms with Crippen LogP contribution < -0.4 is 19.7 Å². The number of fused-ring (bicyclic) bond motifs is 1. The Labute approximate surface area is 205 Å². The Kier molecular flexibility index (Phi) is 7.45. The average molecular weight is 472 g/mol. The number of benzodiazepines with no additional fused rings is 1. The van der Waals surface area contributed by atoms with E-state index in [0.29, 0.717) is 30.2 Å². The number of methoxy groups -OCH3 is 2. The summed E-state index contributed by atoms with van der Waals surface area (Å²) in [5.74, 6) is 0.860. The SMILES string of the molecule is COc1ccc(CCNC(=O)CN2C(=O)C(C)N=C(c3ccccc3)c3ccccc32)cc1OC. The van der Waals surface area contributed by atoms with Gasteiger partial charge in [0.05, 0.1) is 25.6 Å². The van der Waals surface area contributed by atoms with Crippen LogP contribution in [0.2, 0.25) is 0 Å². The maximum atomic E-state index is 13.3. The summed E-state index contributed by atoms with van der Waals surface area (Å²) in [6.07, 6.45) is 0.619. The monoisotopic (exact) mass is 471 g/mol. The van der Waals surface area contributed by atoms with Crippen molar-refractivity contribution in [2.24, 2.45) is 4.99 Å². The van der Waals surface area contributed by atoms with Crippen molar-refractivity contribution in [3.63, 3.8) is 0 Å². The van der Waals surface area contributed by atoms with E-state index in [2.05, 4.69) is 5.32 Å². The van der Waals surface area contributed by atoms with E-state index in [1.165, 1.54) is 4.90 Å². The molecule has 0 radical (unpaired) electrons. The average Bonchev–Trinajstić information content (AvgIpc) is 2.99. The number of hydrogen-bond donors (Lipinski definition) is 1. The number of carbonyl (C=O) groups excluding carboxylic acids is 2. The Morgan fingerprint density at radius 1 is 0.971 bits per heavy atom. The molecule has 0 fully saturated rings. The number of hydrogen-bond acceptors (Lipinski definition) is 5. The molecule has 180 valence electrons. The van der Waals surface area contributed by atoms with Crippen LogP contribution in [0, 0.1) is 0 Å². The number of nitrogens with zero attached hydrogens (tertiary/aromatic N) is 2. The van der Waals surface area contributed by atoms with Gasteiger partial charge in [0.25, 0.3) is 5.91 Å². The molecule has 0 aromatic heterocycles. The number of rotatable bonds is 8. The van der Waals surface area contributed by atoms with E-state index in [1.807, 2.05) is 72.8 Å². The van der Waals surface area contributed by atoms with Gasteiger partial charge in [0.2, 0.25) is 5.91 Å². The van der Waals surface area contributed by atoms with Crippen molar-refractivity contribution >= 4 is 23.2 Å². The van der Waals surface area contributed by atoms with Gasteiger partial charge in [-0.1, -0.05) is 54.6 Å². The molecule has 1 atom stereocenters. The molecular formula is C28H29N3O4. The number of aliphatic imine (C=N–C) groups is 1. The summed E-state index contributed by atoms with van der Waals surface area (Å²) >= 11 is 0. The van der Waals surface area contributed by atoms with E-state index < -0.39 is 6.04 Å². The lowest BCUT2D eigenvalue weighted by atomic mass is 10.0. The third kappa shape index (κ3) is 5.35. The molecule has 0 spiro atoms. The summed E-state index contributed by atoms with van der Waals surface area (Å²) in [6, 6.07) is 22.4. The normalized spacial score (nSPS) is 15.1. The molecule has 1 aliphatic heterocycles. The predicted molar refractivity (Wildman–Crippen MR) is 137 cm³/mol. The van der Waals surface area contributed by atoms with Gasteiger partial charge in [0, 0.05) is 17.7 Å². The van der Waals surface area contributed by atoms with Gasteiger partial charge in [-0.2, -0.15) is 0 Å². The number of amides is 2. The van der Waals surface area contributed by atoms with Gasteiger partial charge in [-0.05, 0) is 37.1 Å². The van der Waals surface area contributed by atoms with Crippen LogP contribution in [0.5, 0.6) is 11.5 Å². The Morgan fingerprint density at radius 3 is 2.43 bits per heavy atom. The molecule has 1 heterocycles. The van der Waals surface area contributed by atoms with E-state index in [4.69, 9.17) is 14.5 Å². The molecule has 1 aliphatic rings. The van der Waals surface area contributed by atoms with Crippen LogP contribution in [0.3, 0.4) is 0 Å². The molecule has 3 aromatic rings. The lowest BCUT2D eigenvalue weighted by Crippen LogP contribution is -2.44. The zero-order chi connectivity index (χ0) is 24.8. The third-order valence-electron chi connectivity index (χ3n) is 5.93. The first kappa shape index (κ1) is 24.0.